The highest BCUT2D eigenvalue weighted by Crippen LogP contribution is 2.29. The maximum absolute atomic E-state index is 13.0. The second kappa shape index (κ2) is 10.9. The van der Waals surface area contributed by atoms with Crippen LogP contribution in [0.15, 0.2) is 52.5 Å². The van der Waals surface area contributed by atoms with Crippen LogP contribution in [-0.2, 0) is 17.1 Å². The highest BCUT2D eigenvalue weighted by Gasteiger charge is 2.23. The van der Waals surface area contributed by atoms with Crippen molar-refractivity contribution in [3.8, 4) is 0 Å². The van der Waals surface area contributed by atoms with Crippen LogP contribution in [0, 0.1) is 20.8 Å². The summed E-state index contributed by atoms with van der Waals surface area (Å²) in [5, 5.41) is 12.5. The van der Waals surface area contributed by atoms with Gasteiger partial charge in [-0.05, 0) is 63.4 Å². The van der Waals surface area contributed by atoms with Crippen molar-refractivity contribution < 1.29 is 4.79 Å². The first kappa shape index (κ1) is 23.4. The Labute approximate surface area is 193 Å². The van der Waals surface area contributed by atoms with Crippen molar-refractivity contribution in [2.75, 3.05) is 5.32 Å². The Bertz CT molecular complexity index is 1030. The zero-order valence-electron chi connectivity index (χ0n) is 18.8. The molecular weight excluding hydrogens is 424 g/mol. The Kier molecular flexibility index (Phi) is 8.21. The lowest BCUT2D eigenvalue weighted by molar-refractivity contribution is -0.115. The number of aryl methyl sites for hydroxylation is 3. The van der Waals surface area contributed by atoms with E-state index in [1.165, 1.54) is 22.2 Å². The first-order valence-corrected chi connectivity index (χ1v) is 12.4. The minimum atomic E-state index is -0.230. The lowest BCUT2D eigenvalue weighted by atomic mass is 10.1. The van der Waals surface area contributed by atoms with Crippen LogP contribution < -0.4 is 5.32 Å². The molecule has 0 aliphatic rings. The van der Waals surface area contributed by atoms with E-state index < -0.39 is 0 Å². The monoisotopic (exact) mass is 454 g/mol. The number of rotatable bonds is 9. The van der Waals surface area contributed by atoms with Crippen molar-refractivity contribution in [1.29, 1.82) is 0 Å². The van der Waals surface area contributed by atoms with E-state index in [0.717, 1.165) is 40.1 Å². The quantitative estimate of drug-likeness (QED) is 0.400. The van der Waals surface area contributed by atoms with E-state index in [4.69, 9.17) is 0 Å². The fourth-order valence-electron chi connectivity index (χ4n) is 3.15. The van der Waals surface area contributed by atoms with E-state index in [9.17, 15) is 4.79 Å². The van der Waals surface area contributed by atoms with Gasteiger partial charge in [-0.25, -0.2) is 0 Å². The summed E-state index contributed by atoms with van der Waals surface area (Å²) >= 11 is 3.24. The third-order valence-electron chi connectivity index (χ3n) is 5.06. The van der Waals surface area contributed by atoms with E-state index in [1.54, 1.807) is 11.8 Å². The molecule has 0 aliphatic heterocycles. The molecule has 0 saturated heterocycles. The van der Waals surface area contributed by atoms with Crippen LogP contribution in [-0.4, -0.2) is 25.9 Å². The summed E-state index contributed by atoms with van der Waals surface area (Å²) in [5.74, 6) is 1.68. The number of hydrogen-bond acceptors (Lipinski definition) is 5. The summed E-state index contributed by atoms with van der Waals surface area (Å²) in [4.78, 5) is 14.2. The largest absolute Gasteiger partial charge is 0.325 e. The van der Waals surface area contributed by atoms with E-state index in [0.29, 0.717) is 6.42 Å². The van der Waals surface area contributed by atoms with Crippen LogP contribution in [0.5, 0.6) is 0 Å². The van der Waals surface area contributed by atoms with Gasteiger partial charge in [0.2, 0.25) is 5.91 Å². The summed E-state index contributed by atoms with van der Waals surface area (Å²) in [7, 11) is 0. The first-order valence-electron chi connectivity index (χ1n) is 10.6. The van der Waals surface area contributed by atoms with Crippen LogP contribution in [0.4, 0.5) is 5.69 Å². The normalized spacial score (nSPS) is 12.0. The van der Waals surface area contributed by atoms with Crippen molar-refractivity contribution in [1.82, 2.24) is 14.8 Å². The number of aromatic nitrogens is 3. The van der Waals surface area contributed by atoms with Crippen molar-refractivity contribution >= 4 is 35.1 Å². The molecule has 0 fully saturated rings. The molecule has 164 valence electrons. The van der Waals surface area contributed by atoms with Crippen LogP contribution in [0.25, 0.3) is 0 Å². The molecule has 7 heteroatoms. The smallest absolute Gasteiger partial charge is 0.237 e. The summed E-state index contributed by atoms with van der Waals surface area (Å²) < 4.78 is 2.11. The molecule has 1 atom stereocenters. The third-order valence-corrected chi connectivity index (χ3v) is 7.41. The van der Waals surface area contributed by atoms with Crippen LogP contribution in [0.3, 0.4) is 0 Å². The lowest BCUT2D eigenvalue weighted by Gasteiger charge is -2.16. The van der Waals surface area contributed by atoms with Crippen molar-refractivity contribution in [2.45, 2.75) is 68.6 Å². The Morgan fingerprint density at radius 2 is 1.74 bits per heavy atom. The number of nitrogens with zero attached hydrogens (tertiary/aromatic N) is 3. The summed E-state index contributed by atoms with van der Waals surface area (Å²) in [6.07, 6.45) is 0.714. The minimum absolute atomic E-state index is 0.00225. The highest BCUT2D eigenvalue weighted by molar-refractivity contribution is 8.00. The number of hydrogen-bond donors (Lipinski definition) is 1. The van der Waals surface area contributed by atoms with Crippen molar-refractivity contribution in [2.24, 2.45) is 0 Å². The van der Waals surface area contributed by atoms with E-state index in [2.05, 4.69) is 64.3 Å². The number of amides is 1. The Hall–Kier alpha value is -2.25. The number of carbonyl (C=O) groups excluding carboxylic acids is 1. The zero-order chi connectivity index (χ0) is 22.4. The Morgan fingerprint density at radius 1 is 1.03 bits per heavy atom. The zero-order valence-corrected chi connectivity index (χ0v) is 20.4. The van der Waals surface area contributed by atoms with Gasteiger partial charge in [0.1, 0.15) is 5.82 Å². The van der Waals surface area contributed by atoms with Gasteiger partial charge in [0.05, 0.1) is 11.0 Å². The SMILES string of the molecule is CCC(Sc1nnc(CSc2ccc(C)cc2)n1CC)C(=O)Nc1cc(C)ccc1C. The van der Waals surface area contributed by atoms with Crippen molar-refractivity contribution in [3.63, 3.8) is 0 Å². The van der Waals surface area contributed by atoms with Gasteiger partial charge in [0.25, 0.3) is 0 Å². The van der Waals surface area contributed by atoms with Crippen LogP contribution in [0.2, 0.25) is 0 Å². The molecule has 0 aliphatic carbocycles. The molecule has 0 spiro atoms. The molecule has 0 bridgehead atoms. The number of carbonyl (C=O) groups is 1. The molecule has 1 aromatic heterocycles. The fraction of sp³-hybridized carbons (Fsp3) is 0.375. The van der Waals surface area contributed by atoms with Crippen molar-refractivity contribution in [3.05, 3.63) is 65.0 Å². The standard InChI is InChI=1S/C24H30N4OS2/c1-6-21(23(29)25-20-14-17(4)8-11-18(20)5)31-24-27-26-22(28(24)7-2)15-30-19-12-9-16(3)10-13-19/h8-14,21H,6-7,15H2,1-5H3,(H,25,29). The van der Waals surface area contributed by atoms with Gasteiger partial charge in [0.15, 0.2) is 5.16 Å². The average molecular weight is 455 g/mol. The number of anilines is 1. The van der Waals surface area contributed by atoms with Crippen LogP contribution >= 0.6 is 23.5 Å². The summed E-state index contributed by atoms with van der Waals surface area (Å²) in [5.41, 5.74) is 4.31. The predicted octanol–water partition coefficient (Wildman–Crippen LogP) is 6.02. The molecule has 2 aromatic carbocycles. The van der Waals surface area contributed by atoms with E-state index >= 15 is 0 Å². The average Bonchev–Trinajstić information content (AvgIpc) is 3.15. The Morgan fingerprint density at radius 3 is 2.42 bits per heavy atom. The second-order valence-corrected chi connectivity index (χ2v) is 9.79. The summed E-state index contributed by atoms with van der Waals surface area (Å²) in [6, 6.07) is 14.6. The third kappa shape index (κ3) is 6.14. The molecule has 0 saturated carbocycles. The van der Waals surface area contributed by atoms with Gasteiger partial charge < -0.3 is 9.88 Å². The van der Waals surface area contributed by atoms with Gasteiger partial charge in [0, 0.05) is 17.1 Å². The van der Waals surface area contributed by atoms with Gasteiger partial charge in [-0.1, -0.05) is 48.5 Å². The van der Waals surface area contributed by atoms with Gasteiger partial charge >= 0.3 is 0 Å². The van der Waals surface area contributed by atoms with Gasteiger partial charge in [-0.15, -0.1) is 22.0 Å². The van der Waals surface area contributed by atoms with Gasteiger partial charge in [-0.3, -0.25) is 4.79 Å². The molecule has 1 N–H and O–H groups in total. The molecule has 3 aromatic rings. The second-order valence-electron chi connectivity index (χ2n) is 7.57. The predicted molar refractivity (Wildman–Crippen MR) is 131 cm³/mol. The highest BCUT2D eigenvalue weighted by atomic mass is 32.2. The molecular formula is C24H30N4OS2. The van der Waals surface area contributed by atoms with E-state index in [1.807, 2.05) is 32.9 Å². The maximum atomic E-state index is 13.0. The minimum Gasteiger partial charge on any atom is -0.325 e. The number of nitrogens with one attached hydrogen (secondary N) is 1. The Balaban J connectivity index is 1.69. The molecule has 5 nitrogen and oxygen atoms in total. The number of benzene rings is 2. The molecule has 1 unspecified atom stereocenters. The molecule has 1 heterocycles. The molecule has 31 heavy (non-hydrogen) atoms. The maximum Gasteiger partial charge on any atom is 0.237 e. The lowest BCUT2D eigenvalue weighted by Crippen LogP contribution is -2.25. The van der Waals surface area contributed by atoms with E-state index in [-0.39, 0.29) is 11.2 Å². The number of thioether (sulfide) groups is 2. The fourth-order valence-corrected chi connectivity index (χ4v) is 5.02. The molecule has 3 rings (SSSR count). The molecule has 0 radical (unpaired) electrons. The van der Waals surface area contributed by atoms with Gasteiger partial charge in [-0.2, -0.15) is 0 Å². The molecule has 1 amide bonds. The van der Waals surface area contributed by atoms with Crippen LogP contribution in [0.1, 0.15) is 42.8 Å². The summed E-state index contributed by atoms with van der Waals surface area (Å²) in [6.45, 7) is 11.0. The first-order chi connectivity index (χ1) is 14.9. The topological polar surface area (TPSA) is 59.8 Å².